The third-order valence-corrected chi connectivity index (χ3v) is 3.89. The predicted octanol–water partition coefficient (Wildman–Crippen LogP) is 4.74. The highest BCUT2D eigenvalue weighted by molar-refractivity contribution is 7.14. The summed E-state index contributed by atoms with van der Waals surface area (Å²) in [7, 11) is 0. The number of rotatable bonds is 3. The second kappa shape index (κ2) is 6.52. The molecule has 0 bridgehead atoms. The van der Waals surface area contributed by atoms with E-state index in [1.54, 1.807) is 17.4 Å². The summed E-state index contributed by atoms with van der Waals surface area (Å²) in [6.45, 7) is 2.06. The molecule has 96 valence electrons. The number of hydrogen-bond donors (Lipinski definition) is 0. The summed E-state index contributed by atoms with van der Waals surface area (Å²) in [5.41, 5.74) is 2.45. The number of nitriles is 2. The van der Waals surface area contributed by atoms with Gasteiger partial charge in [-0.15, -0.1) is 11.3 Å². The van der Waals surface area contributed by atoms with Gasteiger partial charge in [-0.3, -0.25) is 0 Å². The zero-order valence-electron chi connectivity index (χ0n) is 11.0. The van der Waals surface area contributed by atoms with Gasteiger partial charge >= 0.3 is 0 Å². The van der Waals surface area contributed by atoms with Gasteiger partial charge in [0.25, 0.3) is 0 Å². The van der Waals surface area contributed by atoms with E-state index in [0.717, 1.165) is 20.9 Å². The number of allylic oxidation sites excluding steroid dienone is 2. The van der Waals surface area contributed by atoms with Crippen molar-refractivity contribution in [1.82, 2.24) is 0 Å². The van der Waals surface area contributed by atoms with Gasteiger partial charge < -0.3 is 0 Å². The lowest BCUT2D eigenvalue weighted by molar-refractivity contribution is 1.47. The first-order chi connectivity index (χ1) is 9.72. The fourth-order valence-corrected chi connectivity index (χ4v) is 2.67. The van der Waals surface area contributed by atoms with Crippen LogP contribution in [0.4, 0.5) is 0 Å². The van der Waals surface area contributed by atoms with Gasteiger partial charge in [-0.05, 0) is 36.3 Å². The fraction of sp³-hybridized carbons (Fsp3) is 0.0588. The zero-order chi connectivity index (χ0) is 14.4. The highest BCUT2D eigenvalue weighted by atomic mass is 32.1. The van der Waals surface area contributed by atoms with Crippen molar-refractivity contribution in [3.8, 4) is 12.1 Å². The third kappa shape index (κ3) is 3.45. The Morgan fingerprint density at radius 1 is 1.00 bits per heavy atom. The molecule has 0 fully saturated rings. The minimum Gasteiger partial charge on any atom is -0.192 e. The van der Waals surface area contributed by atoms with E-state index >= 15 is 0 Å². The largest absolute Gasteiger partial charge is 0.192 e. The van der Waals surface area contributed by atoms with Crippen molar-refractivity contribution in [1.29, 1.82) is 10.5 Å². The van der Waals surface area contributed by atoms with Crippen molar-refractivity contribution in [2.45, 2.75) is 6.92 Å². The smallest absolute Gasteiger partial charge is 0.131 e. The second-order valence-corrected chi connectivity index (χ2v) is 5.34. The highest BCUT2D eigenvalue weighted by Gasteiger charge is 2.02. The van der Waals surface area contributed by atoms with Gasteiger partial charge in [0.05, 0.1) is 0 Å². The van der Waals surface area contributed by atoms with Crippen LogP contribution in [-0.2, 0) is 0 Å². The summed E-state index contributed by atoms with van der Waals surface area (Å²) in [6.07, 6.45) is 3.73. The molecule has 0 amide bonds. The molecule has 1 aromatic carbocycles. The van der Waals surface area contributed by atoms with E-state index in [2.05, 4.69) is 25.1 Å². The standard InChI is InChI=1S/C17H12N2S/c1-13(9-14-5-3-2-4-6-14)17-8-7-16(20-17)10-15(11-18)12-19/h2-10H,1H3/b13-9+. The molecule has 1 heterocycles. The van der Waals surface area contributed by atoms with Crippen molar-refractivity contribution in [3.63, 3.8) is 0 Å². The molecule has 0 aliphatic carbocycles. The lowest BCUT2D eigenvalue weighted by Crippen LogP contribution is -1.74. The molecule has 20 heavy (non-hydrogen) atoms. The first-order valence-electron chi connectivity index (χ1n) is 6.08. The molecule has 0 radical (unpaired) electrons. The highest BCUT2D eigenvalue weighted by Crippen LogP contribution is 2.27. The maximum atomic E-state index is 8.75. The van der Waals surface area contributed by atoms with Gasteiger partial charge in [0.15, 0.2) is 0 Å². The molecule has 0 unspecified atom stereocenters. The first-order valence-corrected chi connectivity index (χ1v) is 6.90. The lowest BCUT2D eigenvalue weighted by Gasteiger charge is -1.97. The van der Waals surface area contributed by atoms with E-state index in [-0.39, 0.29) is 5.57 Å². The van der Waals surface area contributed by atoms with Crippen molar-refractivity contribution in [3.05, 3.63) is 63.4 Å². The topological polar surface area (TPSA) is 47.6 Å². The molecule has 0 atom stereocenters. The van der Waals surface area contributed by atoms with E-state index in [1.807, 2.05) is 42.5 Å². The fourth-order valence-electron chi connectivity index (χ4n) is 1.74. The van der Waals surface area contributed by atoms with Crippen LogP contribution in [0.2, 0.25) is 0 Å². The Labute approximate surface area is 122 Å². The van der Waals surface area contributed by atoms with Crippen molar-refractivity contribution in [2.75, 3.05) is 0 Å². The molecule has 2 aromatic rings. The summed E-state index contributed by atoms with van der Waals surface area (Å²) < 4.78 is 0. The van der Waals surface area contributed by atoms with Gasteiger partial charge in [0.1, 0.15) is 17.7 Å². The minimum atomic E-state index is 0.128. The molecule has 0 saturated heterocycles. The molecular formula is C17H12N2S. The van der Waals surface area contributed by atoms with Crippen LogP contribution in [0.1, 0.15) is 22.2 Å². The summed E-state index contributed by atoms with van der Waals surface area (Å²) in [4.78, 5) is 2.05. The van der Waals surface area contributed by atoms with E-state index in [0.29, 0.717) is 0 Å². The number of hydrogen-bond acceptors (Lipinski definition) is 3. The molecule has 0 aliphatic rings. The maximum Gasteiger partial charge on any atom is 0.131 e. The van der Waals surface area contributed by atoms with E-state index < -0.39 is 0 Å². The van der Waals surface area contributed by atoms with Gasteiger partial charge in [-0.1, -0.05) is 36.4 Å². The van der Waals surface area contributed by atoms with Crippen molar-refractivity contribution < 1.29 is 0 Å². The second-order valence-electron chi connectivity index (χ2n) is 4.22. The molecular weight excluding hydrogens is 264 g/mol. The summed E-state index contributed by atoms with van der Waals surface area (Å²) >= 11 is 1.57. The summed E-state index contributed by atoms with van der Waals surface area (Å²) in [6, 6.07) is 17.8. The Balaban J connectivity index is 2.26. The summed E-state index contributed by atoms with van der Waals surface area (Å²) in [5.74, 6) is 0. The molecule has 0 spiro atoms. The molecule has 0 saturated carbocycles. The molecule has 2 nitrogen and oxygen atoms in total. The zero-order valence-corrected chi connectivity index (χ0v) is 11.8. The SMILES string of the molecule is C/C(=C\c1ccccc1)c1ccc(C=C(C#N)C#N)s1. The monoisotopic (exact) mass is 276 g/mol. The van der Waals surface area contributed by atoms with Crippen LogP contribution in [0.3, 0.4) is 0 Å². The number of benzene rings is 1. The lowest BCUT2D eigenvalue weighted by atomic mass is 10.1. The molecule has 2 rings (SSSR count). The van der Waals surface area contributed by atoms with Crippen LogP contribution in [0.15, 0.2) is 48.0 Å². The maximum absolute atomic E-state index is 8.75. The van der Waals surface area contributed by atoms with Gasteiger partial charge in [0.2, 0.25) is 0 Å². The average Bonchev–Trinajstić information content (AvgIpc) is 2.94. The van der Waals surface area contributed by atoms with E-state index in [9.17, 15) is 0 Å². The minimum absolute atomic E-state index is 0.128. The molecule has 0 N–H and O–H groups in total. The van der Waals surface area contributed by atoms with Crippen molar-refractivity contribution in [2.24, 2.45) is 0 Å². The van der Waals surface area contributed by atoms with Gasteiger partial charge in [-0.2, -0.15) is 10.5 Å². The Kier molecular flexibility index (Phi) is 4.50. The van der Waals surface area contributed by atoms with Gasteiger partial charge in [-0.25, -0.2) is 0 Å². The van der Waals surface area contributed by atoms with Crippen LogP contribution >= 0.6 is 11.3 Å². The van der Waals surface area contributed by atoms with Crippen LogP contribution in [0.25, 0.3) is 17.7 Å². The van der Waals surface area contributed by atoms with E-state index in [1.165, 1.54) is 0 Å². The van der Waals surface area contributed by atoms with Crippen molar-refractivity contribution >= 4 is 29.1 Å². The first kappa shape index (κ1) is 13.8. The molecule has 0 aliphatic heterocycles. The number of nitrogens with zero attached hydrogens (tertiary/aromatic N) is 2. The molecule has 1 aromatic heterocycles. The van der Waals surface area contributed by atoms with Gasteiger partial charge in [0, 0.05) is 9.75 Å². The average molecular weight is 276 g/mol. The Bertz CT molecular complexity index is 721. The summed E-state index contributed by atoms with van der Waals surface area (Å²) in [5, 5.41) is 17.5. The molecule has 3 heteroatoms. The quantitative estimate of drug-likeness (QED) is 0.760. The van der Waals surface area contributed by atoms with Crippen LogP contribution < -0.4 is 0 Å². The Morgan fingerprint density at radius 3 is 2.35 bits per heavy atom. The predicted molar refractivity (Wildman–Crippen MR) is 83.5 cm³/mol. The number of thiophene rings is 1. The van der Waals surface area contributed by atoms with Crippen LogP contribution in [-0.4, -0.2) is 0 Å². The van der Waals surface area contributed by atoms with Crippen LogP contribution in [0.5, 0.6) is 0 Å². The third-order valence-electron chi connectivity index (χ3n) is 2.73. The normalized spacial score (nSPS) is 10.4. The van der Waals surface area contributed by atoms with Crippen LogP contribution in [0, 0.1) is 22.7 Å². The Hall–Kier alpha value is -2.62. The Morgan fingerprint density at radius 2 is 1.70 bits per heavy atom. The van der Waals surface area contributed by atoms with E-state index in [4.69, 9.17) is 10.5 Å².